The minimum Gasteiger partial charge on any atom is -0.373 e. The molecule has 112 valence electrons. The highest BCUT2D eigenvalue weighted by Gasteiger charge is 2.22. The number of anilines is 2. The molecule has 6 nitrogen and oxygen atoms in total. The summed E-state index contributed by atoms with van der Waals surface area (Å²) in [7, 11) is 1.81. The number of amides is 1. The standard InChI is InChI=1S/C14H25N5O/c1-9(2)19(8-10(15)20)12-7-11(16-6)17-13(18-12)14(3,4)5/h7,9H,8H2,1-6H3,(H2,15,20)(H,16,17,18). The predicted octanol–water partition coefficient (Wildman–Crippen LogP) is 1.52. The van der Waals surface area contributed by atoms with Crippen molar-refractivity contribution in [3.63, 3.8) is 0 Å². The molecule has 1 heterocycles. The highest BCUT2D eigenvalue weighted by Crippen LogP contribution is 2.24. The van der Waals surface area contributed by atoms with Crippen molar-refractivity contribution in [3.05, 3.63) is 11.9 Å². The van der Waals surface area contributed by atoms with Crippen molar-refractivity contribution < 1.29 is 4.79 Å². The predicted molar refractivity (Wildman–Crippen MR) is 82.0 cm³/mol. The van der Waals surface area contributed by atoms with Crippen LogP contribution in [0.3, 0.4) is 0 Å². The second-order valence-electron chi connectivity index (χ2n) is 6.12. The van der Waals surface area contributed by atoms with Crippen molar-refractivity contribution in [1.82, 2.24) is 9.97 Å². The zero-order valence-electron chi connectivity index (χ0n) is 13.2. The lowest BCUT2D eigenvalue weighted by molar-refractivity contribution is -0.116. The van der Waals surface area contributed by atoms with Crippen LogP contribution in [-0.4, -0.2) is 35.5 Å². The topological polar surface area (TPSA) is 84.1 Å². The summed E-state index contributed by atoms with van der Waals surface area (Å²) in [6.45, 7) is 10.3. The molecule has 3 N–H and O–H groups in total. The number of aromatic nitrogens is 2. The molecule has 0 saturated heterocycles. The van der Waals surface area contributed by atoms with Gasteiger partial charge in [0.1, 0.15) is 17.5 Å². The summed E-state index contributed by atoms with van der Waals surface area (Å²) in [6, 6.07) is 1.95. The Hall–Kier alpha value is -1.85. The van der Waals surface area contributed by atoms with Crippen molar-refractivity contribution in [3.8, 4) is 0 Å². The van der Waals surface area contributed by atoms with Gasteiger partial charge in [0.25, 0.3) is 0 Å². The third kappa shape index (κ3) is 4.08. The first-order chi connectivity index (χ1) is 9.15. The molecule has 0 saturated carbocycles. The highest BCUT2D eigenvalue weighted by molar-refractivity contribution is 5.79. The fraction of sp³-hybridized carbons (Fsp3) is 0.643. The van der Waals surface area contributed by atoms with Gasteiger partial charge in [-0.25, -0.2) is 9.97 Å². The van der Waals surface area contributed by atoms with Gasteiger partial charge < -0.3 is 16.0 Å². The third-order valence-electron chi connectivity index (χ3n) is 2.88. The largest absolute Gasteiger partial charge is 0.373 e. The minimum absolute atomic E-state index is 0.120. The Morgan fingerprint density at radius 1 is 1.40 bits per heavy atom. The van der Waals surface area contributed by atoms with E-state index in [-0.39, 0.29) is 23.9 Å². The van der Waals surface area contributed by atoms with Crippen LogP contribution in [0.15, 0.2) is 6.07 Å². The molecule has 0 spiro atoms. The summed E-state index contributed by atoms with van der Waals surface area (Å²) in [6.07, 6.45) is 0. The average Bonchev–Trinajstić information content (AvgIpc) is 2.33. The molecule has 1 aromatic rings. The quantitative estimate of drug-likeness (QED) is 0.853. The van der Waals surface area contributed by atoms with E-state index in [1.54, 1.807) is 0 Å². The molecule has 20 heavy (non-hydrogen) atoms. The number of carbonyl (C=O) groups is 1. The van der Waals surface area contributed by atoms with E-state index in [9.17, 15) is 4.79 Å². The van der Waals surface area contributed by atoms with Gasteiger partial charge in [-0.3, -0.25) is 4.79 Å². The van der Waals surface area contributed by atoms with Crippen molar-refractivity contribution in [2.24, 2.45) is 5.73 Å². The van der Waals surface area contributed by atoms with Crippen LogP contribution in [0.2, 0.25) is 0 Å². The first-order valence-electron chi connectivity index (χ1n) is 6.77. The van der Waals surface area contributed by atoms with Crippen molar-refractivity contribution in [2.45, 2.75) is 46.1 Å². The van der Waals surface area contributed by atoms with Crippen LogP contribution in [0, 0.1) is 0 Å². The van der Waals surface area contributed by atoms with Crippen LogP contribution in [-0.2, 0) is 10.2 Å². The zero-order chi connectivity index (χ0) is 15.5. The molecule has 0 atom stereocenters. The van der Waals surface area contributed by atoms with E-state index in [4.69, 9.17) is 5.73 Å². The van der Waals surface area contributed by atoms with E-state index in [2.05, 4.69) is 36.1 Å². The van der Waals surface area contributed by atoms with Crippen LogP contribution in [0.4, 0.5) is 11.6 Å². The SMILES string of the molecule is CNc1cc(N(CC(N)=O)C(C)C)nc(C(C)(C)C)n1. The van der Waals surface area contributed by atoms with Crippen LogP contribution in [0.5, 0.6) is 0 Å². The number of hydrogen-bond donors (Lipinski definition) is 2. The van der Waals surface area contributed by atoms with E-state index in [0.717, 1.165) is 11.6 Å². The lowest BCUT2D eigenvalue weighted by Crippen LogP contribution is -2.39. The van der Waals surface area contributed by atoms with Gasteiger partial charge in [-0.2, -0.15) is 0 Å². The molecule has 0 aliphatic heterocycles. The molecule has 0 bridgehead atoms. The maximum Gasteiger partial charge on any atom is 0.237 e. The number of nitrogens with zero attached hydrogens (tertiary/aromatic N) is 3. The first-order valence-corrected chi connectivity index (χ1v) is 6.77. The fourth-order valence-corrected chi connectivity index (χ4v) is 1.74. The molecule has 0 fully saturated rings. The molecule has 1 rings (SSSR count). The molecule has 1 aromatic heterocycles. The van der Waals surface area contributed by atoms with Crippen molar-refractivity contribution in [2.75, 3.05) is 23.8 Å². The molecule has 0 aromatic carbocycles. The van der Waals surface area contributed by atoms with Gasteiger partial charge >= 0.3 is 0 Å². The Bertz CT molecular complexity index is 479. The Labute approximate surface area is 120 Å². The lowest BCUT2D eigenvalue weighted by Gasteiger charge is -2.28. The second kappa shape index (κ2) is 6.07. The summed E-state index contributed by atoms with van der Waals surface area (Å²) in [5.41, 5.74) is 5.15. The maximum atomic E-state index is 11.2. The molecule has 1 amide bonds. The summed E-state index contributed by atoms with van der Waals surface area (Å²) in [5, 5.41) is 3.03. The molecule has 0 unspecified atom stereocenters. The van der Waals surface area contributed by atoms with E-state index >= 15 is 0 Å². The van der Waals surface area contributed by atoms with E-state index in [1.165, 1.54) is 0 Å². The van der Waals surface area contributed by atoms with Gasteiger partial charge in [-0.05, 0) is 13.8 Å². The summed E-state index contributed by atoms with van der Waals surface area (Å²) >= 11 is 0. The summed E-state index contributed by atoms with van der Waals surface area (Å²) in [4.78, 5) is 22.2. The summed E-state index contributed by atoms with van der Waals surface area (Å²) < 4.78 is 0. The molecular weight excluding hydrogens is 254 g/mol. The van der Waals surface area contributed by atoms with Crippen molar-refractivity contribution >= 4 is 17.5 Å². The zero-order valence-corrected chi connectivity index (χ0v) is 13.2. The highest BCUT2D eigenvalue weighted by atomic mass is 16.1. The number of nitrogens with one attached hydrogen (secondary N) is 1. The van der Waals surface area contributed by atoms with Gasteiger partial charge in [0.15, 0.2) is 0 Å². The van der Waals surface area contributed by atoms with Gasteiger partial charge in [0.2, 0.25) is 5.91 Å². The summed E-state index contributed by atoms with van der Waals surface area (Å²) in [5.74, 6) is 1.80. The number of primary amides is 1. The molecular formula is C14H25N5O. The maximum absolute atomic E-state index is 11.2. The normalized spacial score (nSPS) is 11.6. The van der Waals surface area contributed by atoms with E-state index in [1.807, 2.05) is 31.9 Å². The average molecular weight is 279 g/mol. The van der Waals surface area contributed by atoms with E-state index in [0.29, 0.717) is 5.82 Å². The van der Waals surface area contributed by atoms with Crippen LogP contribution in [0.25, 0.3) is 0 Å². The van der Waals surface area contributed by atoms with Gasteiger partial charge in [-0.15, -0.1) is 0 Å². The Morgan fingerprint density at radius 2 is 2.00 bits per heavy atom. The Balaban J connectivity index is 3.30. The minimum atomic E-state index is -0.374. The first kappa shape index (κ1) is 16.2. The Kier molecular flexibility index (Phi) is 4.92. The van der Waals surface area contributed by atoms with Gasteiger partial charge in [0.05, 0.1) is 6.54 Å². The number of carbonyl (C=O) groups excluding carboxylic acids is 1. The van der Waals surface area contributed by atoms with E-state index < -0.39 is 0 Å². The van der Waals surface area contributed by atoms with Crippen LogP contribution < -0.4 is 16.0 Å². The number of rotatable bonds is 5. The Morgan fingerprint density at radius 3 is 2.40 bits per heavy atom. The smallest absolute Gasteiger partial charge is 0.237 e. The van der Waals surface area contributed by atoms with Crippen molar-refractivity contribution in [1.29, 1.82) is 0 Å². The second-order valence-corrected chi connectivity index (χ2v) is 6.12. The molecule has 0 aliphatic carbocycles. The number of hydrogen-bond acceptors (Lipinski definition) is 5. The third-order valence-corrected chi connectivity index (χ3v) is 2.88. The van der Waals surface area contributed by atoms with Crippen LogP contribution in [0.1, 0.15) is 40.4 Å². The molecule has 0 radical (unpaired) electrons. The monoisotopic (exact) mass is 279 g/mol. The van der Waals surface area contributed by atoms with Gasteiger partial charge in [-0.1, -0.05) is 20.8 Å². The number of nitrogens with two attached hydrogens (primary N) is 1. The fourth-order valence-electron chi connectivity index (χ4n) is 1.74. The van der Waals surface area contributed by atoms with Gasteiger partial charge in [0, 0.05) is 24.6 Å². The molecule has 0 aliphatic rings. The lowest BCUT2D eigenvalue weighted by atomic mass is 9.95. The van der Waals surface area contributed by atoms with Crippen LogP contribution >= 0.6 is 0 Å². The molecule has 6 heteroatoms.